The first kappa shape index (κ1) is 17.6. The van der Waals surface area contributed by atoms with Gasteiger partial charge in [0.05, 0.1) is 22.3 Å². The van der Waals surface area contributed by atoms with Gasteiger partial charge in [-0.2, -0.15) is 0 Å². The van der Waals surface area contributed by atoms with Crippen LogP contribution in [0, 0.1) is 6.92 Å². The fourth-order valence-corrected chi connectivity index (χ4v) is 4.53. The lowest BCUT2D eigenvalue weighted by atomic mass is 10.1. The number of amides is 1. The van der Waals surface area contributed by atoms with Crippen molar-refractivity contribution in [3.05, 3.63) is 89.9 Å². The number of para-hydroxylation sites is 2. The highest BCUT2D eigenvalue weighted by molar-refractivity contribution is 7.22. The number of anilines is 1. The average molecular weight is 398 g/mol. The topological polar surface area (TPSA) is 61.9 Å². The average Bonchev–Trinajstić information content (AvgIpc) is 3.37. The Morgan fingerprint density at radius 3 is 2.83 bits per heavy atom. The molecular formula is C23H18N4OS. The molecule has 1 amide bonds. The number of H-pyrrole nitrogens is 1. The van der Waals surface area contributed by atoms with Crippen molar-refractivity contribution in [3.8, 4) is 0 Å². The lowest BCUT2D eigenvalue weighted by molar-refractivity contribution is 0.0986. The summed E-state index contributed by atoms with van der Waals surface area (Å²) in [6, 6.07) is 17.8. The molecule has 0 bridgehead atoms. The first-order chi connectivity index (χ1) is 14.2. The van der Waals surface area contributed by atoms with Crippen LogP contribution in [0.2, 0.25) is 0 Å². The molecule has 0 aliphatic carbocycles. The van der Waals surface area contributed by atoms with E-state index < -0.39 is 0 Å². The Kier molecular flexibility index (Phi) is 4.33. The van der Waals surface area contributed by atoms with E-state index in [1.807, 2.05) is 61.5 Å². The molecule has 0 fully saturated rings. The van der Waals surface area contributed by atoms with Gasteiger partial charge in [0, 0.05) is 29.5 Å². The summed E-state index contributed by atoms with van der Waals surface area (Å²) in [4.78, 5) is 27.6. The summed E-state index contributed by atoms with van der Waals surface area (Å²) in [5.74, 6) is -0.0805. The van der Waals surface area contributed by atoms with E-state index in [1.54, 1.807) is 23.5 Å². The van der Waals surface area contributed by atoms with Crippen LogP contribution in [-0.4, -0.2) is 20.9 Å². The number of carbonyl (C=O) groups is 1. The van der Waals surface area contributed by atoms with Crippen LogP contribution in [0.3, 0.4) is 0 Å². The summed E-state index contributed by atoms with van der Waals surface area (Å²) >= 11 is 1.53. The molecule has 0 saturated heterocycles. The van der Waals surface area contributed by atoms with Crippen molar-refractivity contribution in [3.63, 3.8) is 0 Å². The van der Waals surface area contributed by atoms with Gasteiger partial charge in [-0.1, -0.05) is 47.7 Å². The molecule has 3 heterocycles. The quantitative estimate of drug-likeness (QED) is 0.445. The van der Waals surface area contributed by atoms with Gasteiger partial charge in [0.15, 0.2) is 5.13 Å². The van der Waals surface area contributed by atoms with Crippen LogP contribution in [0.5, 0.6) is 0 Å². The predicted molar refractivity (Wildman–Crippen MR) is 117 cm³/mol. The van der Waals surface area contributed by atoms with Gasteiger partial charge < -0.3 is 4.98 Å². The number of nitrogens with zero attached hydrogens (tertiary/aromatic N) is 3. The van der Waals surface area contributed by atoms with E-state index in [-0.39, 0.29) is 5.91 Å². The van der Waals surface area contributed by atoms with Gasteiger partial charge in [0.25, 0.3) is 5.91 Å². The molecule has 0 atom stereocenters. The summed E-state index contributed by atoms with van der Waals surface area (Å²) < 4.78 is 1.07. The number of fused-ring (bicyclic) bond motifs is 2. The van der Waals surface area contributed by atoms with Crippen LogP contribution < -0.4 is 4.90 Å². The molecule has 3 aromatic heterocycles. The number of carbonyl (C=O) groups excluding carboxylic acids is 1. The Balaban J connectivity index is 1.63. The van der Waals surface area contributed by atoms with Crippen molar-refractivity contribution in [2.45, 2.75) is 13.5 Å². The number of hydrogen-bond acceptors (Lipinski definition) is 4. The fraction of sp³-hybridized carbons (Fsp3) is 0.0870. The maximum Gasteiger partial charge on any atom is 0.262 e. The maximum atomic E-state index is 13.6. The third kappa shape index (κ3) is 3.17. The van der Waals surface area contributed by atoms with Crippen LogP contribution in [0.1, 0.15) is 21.5 Å². The van der Waals surface area contributed by atoms with Crippen molar-refractivity contribution in [1.82, 2.24) is 15.0 Å². The van der Waals surface area contributed by atoms with E-state index in [0.717, 1.165) is 32.2 Å². The second-order valence-corrected chi connectivity index (χ2v) is 7.93. The lowest BCUT2D eigenvalue weighted by Gasteiger charge is -2.19. The molecule has 142 valence electrons. The molecule has 5 rings (SSSR count). The van der Waals surface area contributed by atoms with Gasteiger partial charge in [-0.25, -0.2) is 4.98 Å². The first-order valence-electron chi connectivity index (χ1n) is 9.34. The Morgan fingerprint density at radius 2 is 2.00 bits per heavy atom. The standard InChI is InChI=1S/C23H18N4OS/c1-15-6-4-10-20-21(15)26-23(29-20)27(14-16-7-5-11-24-12-16)22(28)18-13-25-19-9-3-2-8-17(18)19/h2-13,25H,14H2,1H3. The lowest BCUT2D eigenvalue weighted by Crippen LogP contribution is -2.30. The molecule has 5 aromatic rings. The van der Waals surface area contributed by atoms with E-state index >= 15 is 0 Å². The predicted octanol–water partition coefficient (Wildman–Crippen LogP) is 5.33. The summed E-state index contributed by atoms with van der Waals surface area (Å²) in [6.07, 6.45) is 5.30. The molecule has 0 aliphatic rings. The normalized spacial score (nSPS) is 11.2. The van der Waals surface area contributed by atoms with E-state index in [1.165, 1.54) is 11.3 Å². The largest absolute Gasteiger partial charge is 0.360 e. The van der Waals surface area contributed by atoms with Gasteiger partial charge >= 0.3 is 0 Å². The zero-order valence-corrected chi connectivity index (χ0v) is 16.6. The number of aromatic amines is 1. The SMILES string of the molecule is Cc1cccc2sc(N(Cc3cccnc3)C(=O)c3c[nH]c4ccccc34)nc12. The van der Waals surface area contributed by atoms with Crippen LogP contribution >= 0.6 is 11.3 Å². The van der Waals surface area contributed by atoms with Crippen LogP contribution in [0.25, 0.3) is 21.1 Å². The molecule has 0 spiro atoms. The van der Waals surface area contributed by atoms with Crippen molar-refractivity contribution >= 4 is 43.5 Å². The Bertz CT molecular complexity index is 1320. The minimum atomic E-state index is -0.0805. The van der Waals surface area contributed by atoms with Gasteiger partial charge in [0.2, 0.25) is 0 Å². The number of aryl methyl sites for hydroxylation is 1. The fourth-order valence-electron chi connectivity index (χ4n) is 3.48. The zero-order valence-electron chi connectivity index (χ0n) is 15.8. The Labute approximate surface area is 171 Å². The van der Waals surface area contributed by atoms with Crippen LogP contribution in [0.4, 0.5) is 5.13 Å². The number of pyridine rings is 1. The van der Waals surface area contributed by atoms with Crippen molar-refractivity contribution in [2.75, 3.05) is 4.90 Å². The van der Waals surface area contributed by atoms with Gasteiger partial charge in [-0.05, 0) is 36.2 Å². The van der Waals surface area contributed by atoms with E-state index in [2.05, 4.69) is 9.97 Å². The molecule has 1 N–H and O–H groups in total. The highest BCUT2D eigenvalue weighted by Crippen LogP contribution is 2.33. The number of benzene rings is 2. The van der Waals surface area contributed by atoms with Gasteiger partial charge in [-0.3, -0.25) is 14.7 Å². The number of hydrogen-bond donors (Lipinski definition) is 1. The third-order valence-electron chi connectivity index (χ3n) is 4.97. The second kappa shape index (κ2) is 7.14. The third-order valence-corrected chi connectivity index (χ3v) is 6.01. The zero-order chi connectivity index (χ0) is 19.8. The highest BCUT2D eigenvalue weighted by atomic mass is 32.1. The number of thiazole rings is 1. The summed E-state index contributed by atoms with van der Waals surface area (Å²) in [7, 11) is 0. The van der Waals surface area contributed by atoms with Crippen molar-refractivity contribution < 1.29 is 4.79 Å². The van der Waals surface area contributed by atoms with Crippen molar-refractivity contribution in [2.24, 2.45) is 0 Å². The minimum absolute atomic E-state index is 0.0805. The first-order valence-corrected chi connectivity index (χ1v) is 10.2. The highest BCUT2D eigenvalue weighted by Gasteiger charge is 2.24. The van der Waals surface area contributed by atoms with Crippen LogP contribution in [-0.2, 0) is 6.54 Å². The summed E-state index contributed by atoms with van der Waals surface area (Å²) in [6.45, 7) is 2.45. The number of rotatable bonds is 4. The second-order valence-electron chi connectivity index (χ2n) is 6.92. The Morgan fingerprint density at radius 1 is 1.10 bits per heavy atom. The van der Waals surface area contributed by atoms with Crippen molar-refractivity contribution in [1.29, 1.82) is 0 Å². The Hall–Kier alpha value is -3.51. The molecule has 2 aromatic carbocycles. The molecule has 5 nitrogen and oxygen atoms in total. The molecular weight excluding hydrogens is 380 g/mol. The van der Waals surface area contributed by atoms with E-state index in [4.69, 9.17) is 4.98 Å². The monoisotopic (exact) mass is 398 g/mol. The van der Waals surface area contributed by atoms with Crippen LogP contribution in [0.15, 0.2) is 73.2 Å². The molecule has 6 heteroatoms. The minimum Gasteiger partial charge on any atom is -0.360 e. The van der Waals surface area contributed by atoms with E-state index in [0.29, 0.717) is 17.2 Å². The number of nitrogens with one attached hydrogen (secondary N) is 1. The molecule has 0 aliphatic heterocycles. The smallest absolute Gasteiger partial charge is 0.262 e. The molecule has 0 unspecified atom stereocenters. The summed E-state index contributed by atoms with van der Waals surface area (Å²) in [5.41, 5.74) is 4.58. The van der Waals surface area contributed by atoms with Gasteiger partial charge in [0.1, 0.15) is 0 Å². The maximum absolute atomic E-state index is 13.6. The molecule has 0 saturated carbocycles. The molecule has 0 radical (unpaired) electrons. The molecule has 29 heavy (non-hydrogen) atoms. The van der Waals surface area contributed by atoms with Gasteiger partial charge in [-0.15, -0.1) is 0 Å². The van der Waals surface area contributed by atoms with E-state index in [9.17, 15) is 4.79 Å². The summed E-state index contributed by atoms with van der Waals surface area (Å²) in [5, 5.41) is 1.60. The number of aromatic nitrogens is 3.